The molecule has 0 saturated heterocycles. The van der Waals surface area contributed by atoms with Gasteiger partial charge < -0.3 is 20.1 Å². The first-order chi connectivity index (χ1) is 11.7. The Morgan fingerprint density at radius 2 is 2.00 bits per heavy atom. The fraction of sp³-hybridized carbons (Fsp3) is 0.611. The molecule has 0 spiro atoms. The van der Waals surface area contributed by atoms with Gasteiger partial charge >= 0.3 is 0 Å². The minimum absolute atomic E-state index is 0. The zero-order valence-electron chi connectivity index (χ0n) is 15.0. The number of ether oxygens (including phenoxy) is 2. The second-order valence-corrected chi connectivity index (χ2v) is 6.05. The largest absolute Gasteiger partial charge is 0.489 e. The molecule has 1 saturated carbocycles. The molecule has 0 aliphatic heterocycles. The Bertz CT molecular complexity index is 510. The van der Waals surface area contributed by atoms with Crippen molar-refractivity contribution in [1.29, 1.82) is 0 Å². The molecule has 2 N–H and O–H groups in total. The third-order valence-electron chi connectivity index (χ3n) is 3.59. The first-order valence-electron chi connectivity index (χ1n) is 8.69. The molecule has 7 heteroatoms. The van der Waals surface area contributed by atoms with E-state index in [1.165, 1.54) is 25.0 Å². The van der Waals surface area contributed by atoms with E-state index in [-0.39, 0.29) is 35.9 Å². The zero-order chi connectivity index (χ0) is 17.2. The number of hydrogen-bond donors (Lipinski definition) is 2. The smallest absolute Gasteiger partial charge is 0.191 e. The van der Waals surface area contributed by atoms with Crippen LogP contribution in [0, 0.1) is 11.7 Å². The third kappa shape index (κ3) is 9.84. The van der Waals surface area contributed by atoms with Crippen molar-refractivity contribution in [2.24, 2.45) is 10.9 Å². The van der Waals surface area contributed by atoms with Crippen LogP contribution in [0.4, 0.5) is 4.39 Å². The summed E-state index contributed by atoms with van der Waals surface area (Å²) in [5.41, 5.74) is 0. The second kappa shape index (κ2) is 12.3. The van der Waals surface area contributed by atoms with Crippen LogP contribution in [0.15, 0.2) is 29.3 Å². The predicted octanol–water partition coefficient (Wildman–Crippen LogP) is 3.19. The molecule has 0 amide bonds. The maximum Gasteiger partial charge on any atom is 0.191 e. The molecule has 5 nitrogen and oxygen atoms in total. The van der Waals surface area contributed by atoms with Gasteiger partial charge in [-0.25, -0.2) is 9.38 Å². The van der Waals surface area contributed by atoms with Crippen molar-refractivity contribution in [2.45, 2.75) is 32.8 Å². The number of aliphatic imine (C=N–C) groups is 1. The van der Waals surface area contributed by atoms with E-state index in [9.17, 15) is 4.39 Å². The Balaban J connectivity index is 0.00000312. The molecule has 2 rings (SSSR count). The molecule has 142 valence electrons. The third-order valence-corrected chi connectivity index (χ3v) is 3.59. The van der Waals surface area contributed by atoms with E-state index < -0.39 is 0 Å². The summed E-state index contributed by atoms with van der Waals surface area (Å²) in [4.78, 5) is 4.51. The van der Waals surface area contributed by atoms with Crippen molar-refractivity contribution in [1.82, 2.24) is 10.6 Å². The van der Waals surface area contributed by atoms with Crippen LogP contribution in [0.25, 0.3) is 0 Å². The van der Waals surface area contributed by atoms with Crippen LogP contribution in [-0.2, 0) is 4.74 Å². The van der Waals surface area contributed by atoms with Crippen molar-refractivity contribution in [3.8, 4) is 5.75 Å². The summed E-state index contributed by atoms with van der Waals surface area (Å²) in [6, 6.07) is 6.02. The van der Waals surface area contributed by atoms with E-state index in [2.05, 4.69) is 15.6 Å². The van der Waals surface area contributed by atoms with Crippen LogP contribution in [0.1, 0.15) is 26.7 Å². The summed E-state index contributed by atoms with van der Waals surface area (Å²) < 4.78 is 24.2. The number of benzene rings is 1. The van der Waals surface area contributed by atoms with E-state index in [1.807, 2.05) is 13.8 Å². The number of guanidine groups is 1. The number of nitrogens with zero attached hydrogens (tertiary/aromatic N) is 1. The highest BCUT2D eigenvalue weighted by Crippen LogP contribution is 2.28. The van der Waals surface area contributed by atoms with Crippen LogP contribution in [-0.4, -0.2) is 44.9 Å². The molecule has 1 fully saturated rings. The lowest BCUT2D eigenvalue weighted by atomic mass is 10.3. The minimum Gasteiger partial charge on any atom is -0.489 e. The molecule has 1 aliphatic rings. The van der Waals surface area contributed by atoms with E-state index in [0.717, 1.165) is 31.6 Å². The van der Waals surface area contributed by atoms with Crippen molar-refractivity contribution in [3.05, 3.63) is 30.1 Å². The first-order valence-corrected chi connectivity index (χ1v) is 8.69. The lowest BCUT2D eigenvalue weighted by Crippen LogP contribution is -2.39. The molecule has 1 atom stereocenters. The van der Waals surface area contributed by atoms with Crippen molar-refractivity contribution >= 4 is 29.9 Å². The molecule has 0 bridgehead atoms. The Morgan fingerprint density at radius 1 is 1.28 bits per heavy atom. The van der Waals surface area contributed by atoms with Gasteiger partial charge in [-0.3, -0.25) is 0 Å². The van der Waals surface area contributed by atoms with Gasteiger partial charge in [0.2, 0.25) is 0 Å². The topological polar surface area (TPSA) is 54.9 Å². The predicted molar refractivity (Wildman–Crippen MR) is 109 cm³/mol. The van der Waals surface area contributed by atoms with E-state index in [0.29, 0.717) is 18.9 Å². The molecular weight excluding hydrogens is 436 g/mol. The molecule has 25 heavy (non-hydrogen) atoms. The molecule has 0 radical (unpaired) electrons. The van der Waals surface area contributed by atoms with Crippen LogP contribution in [0.3, 0.4) is 0 Å². The second-order valence-electron chi connectivity index (χ2n) is 6.05. The summed E-state index contributed by atoms with van der Waals surface area (Å²) in [6.45, 7) is 7.55. The maximum atomic E-state index is 12.9. The van der Waals surface area contributed by atoms with Gasteiger partial charge in [0.25, 0.3) is 0 Å². The van der Waals surface area contributed by atoms with E-state index in [1.54, 1.807) is 12.1 Å². The van der Waals surface area contributed by atoms with Gasteiger partial charge in [0.05, 0.1) is 13.2 Å². The summed E-state index contributed by atoms with van der Waals surface area (Å²) >= 11 is 0. The minimum atomic E-state index is -0.268. The van der Waals surface area contributed by atoms with Gasteiger partial charge in [-0.1, -0.05) is 0 Å². The molecule has 1 aromatic rings. The Hall–Kier alpha value is -1.09. The quantitative estimate of drug-likeness (QED) is 0.241. The average molecular weight is 465 g/mol. The lowest BCUT2D eigenvalue weighted by Gasteiger charge is -2.15. The van der Waals surface area contributed by atoms with Crippen LogP contribution in [0.2, 0.25) is 0 Å². The summed E-state index contributed by atoms with van der Waals surface area (Å²) in [7, 11) is 0. The highest BCUT2D eigenvalue weighted by Gasteiger charge is 2.20. The van der Waals surface area contributed by atoms with Crippen molar-refractivity contribution in [2.75, 3.05) is 32.8 Å². The van der Waals surface area contributed by atoms with Crippen LogP contribution in [0.5, 0.6) is 5.75 Å². The Labute approximate surface area is 166 Å². The molecular formula is C18H29FIN3O2. The van der Waals surface area contributed by atoms with E-state index >= 15 is 0 Å². The SMILES string of the molecule is CCNC(=NCC(C)Oc1ccc(F)cc1)NCCOCC1CC1.I. The number of nitrogens with one attached hydrogen (secondary N) is 2. The highest BCUT2D eigenvalue weighted by atomic mass is 127. The molecule has 0 heterocycles. The number of rotatable bonds is 10. The zero-order valence-corrected chi connectivity index (χ0v) is 17.3. The van der Waals surface area contributed by atoms with Gasteiger partial charge in [-0.15, -0.1) is 24.0 Å². The average Bonchev–Trinajstić information content (AvgIpc) is 3.38. The lowest BCUT2D eigenvalue weighted by molar-refractivity contribution is 0.129. The molecule has 1 unspecified atom stereocenters. The molecule has 1 aliphatic carbocycles. The monoisotopic (exact) mass is 465 g/mol. The van der Waals surface area contributed by atoms with Gasteiger partial charge in [0, 0.05) is 19.7 Å². The normalized spacial score (nSPS) is 15.2. The summed E-state index contributed by atoms with van der Waals surface area (Å²) in [5.74, 6) is 1.92. The Morgan fingerprint density at radius 3 is 2.64 bits per heavy atom. The summed E-state index contributed by atoms with van der Waals surface area (Å²) in [6.07, 6.45) is 2.52. The maximum absolute atomic E-state index is 12.9. The van der Waals surface area contributed by atoms with Crippen molar-refractivity contribution in [3.63, 3.8) is 0 Å². The van der Waals surface area contributed by atoms with E-state index in [4.69, 9.17) is 9.47 Å². The van der Waals surface area contributed by atoms with Crippen molar-refractivity contribution < 1.29 is 13.9 Å². The van der Waals surface area contributed by atoms with Gasteiger partial charge in [0.1, 0.15) is 17.7 Å². The Kier molecular flexibility index (Phi) is 10.8. The summed E-state index contributed by atoms with van der Waals surface area (Å²) in [5, 5.41) is 6.45. The standard InChI is InChI=1S/C18H28FN3O2.HI/c1-3-20-18(21-10-11-23-13-15-4-5-15)22-12-14(2)24-17-8-6-16(19)7-9-17;/h6-9,14-15H,3-5,10-13H2,1-2H3,(H2,20,21,22);1H. The first kappa shape index (κ1) is 22.0. The van der Waals surface area contributed by atoms with Gasteiger partial charge in [-0.05, 0) is 56.9 Å². The van der Waals surface area contributed by atoms with Crippen LogP contribution >= 0.6 is 24.0 Å². The van der Waals surface area contributed by atoms with Gasteiger partial charge in [0.15, 0.2) is 5.96 Å². The number of hydrogen-bond acceptors (Lipinski definition) is 3. The fourth-order valence-corrected chi connectivity index (χ4v) is 2.12. The number of halogens is 2. The molecule has 1 aromatic carbocycles. The molecule has 0 aromatic heterocycles. The van der Waals surface area contributed by atoms with Gasteiger partial charge in [-0.2, -0.15) is 0 Å². The van der Waals surface area contributed by atoms with Crippen LogP contribution < -0.4 is 15.4 Å². The highest BCUT2D eigenvalue weighted by molar-refractivity contribution is 14.0. The fourth-order valence-electron chi connectivity index (χ4n) is 2.12.